The molecule has 2 aromatic carbocycles. The number of carbonyl (C=O) groups is 1. The lowest BCUT2D eigenvalue weighted by Crippen LogP contribution is -2.32. The van der Waals surface area contributed by atoms with Crippen LogP contribution < -0.4 is 19.5 Å². The van der Waals surface area contributed by atoms with Gasteiger partial charge in [-0.1, -0.05) is 0 Å². The smallest absolute Gasteiger partial charge is 0.412 e. The van der Waals surface area contributed by atoms with Crippen molar-refractivity contribution in [1.29, 1.82) is 0 Å². The van der Waals surface area contributed by atoms with E-state index in [0.29, 0.717) is 32.1 Å². The van der Waals surface area contributed by atoms with Crippen molar-refractivity contribution in [2.75, 3.05) is 19.0 Å². The number of rotatable bonds is 10. The molecule has 0 saturated heterocycles. The van der Waals surface area contributed by atoms with Crippen molar-refractivity contribution in [3.05, 3.63) is 54.2 Å². The monoisotopic (exact) mass is 608 g/mol. The van der Waals surface area contributed by atoms with Gasteiger partial charge in [0.1, 0.15) is 23.8 Å². The van der Waals surface area contributed by atoms with Gasteiger partial charge >= 0.3 is 12.1 Å². The number of methoxy groups -OCH3 is 1. The van der Waals surface area contributed by atoms with Crippen molar-refractivity contribution in [2.45, 2.75) is 46.0 Å². The van der Waals surface area contributed by atoms with Crippen LogP contribution in [0.4, 0.5) is 14.9 Å². The first-order valence-corrected chi connectivity index (χ1v) is 14.1. The average Bonchev–Trinajstić information content (AvgIpc) is 3.38. The molecule has 0 spiro atoms. The molecule has 3 aromatic heterocycles. The number of aryl methyl sites for hydroxylation is 1. The summed E-state index contributed by atoms with van der Waals surface area (Å²) in [6, 6.07) is 6.84. The van der Waals surface area contributed by atoms with E-state index in [9.17, 15) is 9.90 Å². The Morgan fingerprint density at radius 1 is 1.02 bits per heavy atom. The topological polar surface area (TPSA) is 151 Å². The van der Waals surface area contributed by atoms with Crippen LogP contribution >= 0.6 is 11.3 Å². The number of aromatic nitrogens is 5. The molecule has 0 unspecified atom stereocenters. The Morgan fingerprint density at radius 3 is 2.51 bits per heavy atom. The number of aliphatic hydroxyl groups is 1. The molecule has 1 amide bonds. The van der Waals surface area contributed by atoms with Gasteiger partial charge in [-0.15, -0.1) is 11.3 Å². The number of hydrogen-bond donors (Lipinski definition) is 2. The number of aliphatic hydroxyl groups excluding tert-OH is 1. The predicted molar refractivity (Wildman–Crippen MR) is 158 cm³/mol. The molecule has 3 atom stereocenters. The van der Waals surface area contributed by atoms with Crippen LogP contribution in [0.25, 0.3) is 31.8 Å². The number of benzene rings is 2. The highest BCUT2D eigenvalue weighted by Crippen LogP contribution is 2.37. The van der Waals surface area contributed by atoms with E-state index >= 15 is 4.39 Å². The molecule has 0 aliphatic rings. The van der Waals surface area contributed by atoms with E-state index in [1.165, 1.54) is 36.9 Å². The Hall–Kier alpha value is -4.69. The van der Waals surface area contributed by atoms with Gasteiger partial charge in [0.2, 0.25) is 5.88 Å². The summed E-state index contributed by atoms with van der Waals surface area (Å²) in [4.78, 5) is 34.0. The summed E-state index contributed by atoms with van der Waals surface area (Å²) in [6.45, 7) is 6.86. The van der Waals surface area contributed by atoms with E-state index in [1.807, 2.05) is 19.1 Å². The zero-order valence-corrected chi connectivity index (χ0v) is 24.8. The van der Waals surface area contributed by atoms with Crippen molar-refractivity contribution >= 4 is 44.4 Å². The summed E-state index contributed by atoms with van der Waals surface area (Å²) in [6.07, 6.45) is 1.36. The van der Waals surface area contributed by atoms with Crippen LogP contribution in [0, 0.1) is 12.7 Å². The van der Waals surface area contributed by atoms with Crippen LogP contribution in [-0.4, -0.2) is 68.1 Å². The quantitative estimate of drug-likeness (QED) is 0.212. The molecule has 0 bridgehead atoms. The predicted octanol–water partition coefficient (Wildman–Crippen LogP) is 5.32. The highest BCUT2D eigenvalue weighted by molar-refractivity contribution is 7.21. The Balaban J connectivity index is 1.26. The lowest BCUT2D eigenvalue weighted by Gasteiger charge is -2.22. The maximum atomic E-state index is 15.1. The standard InChI is InChI=1S/C29H29FN6O6S/c1-14-6-19(26-22(7-14)35-25(39-5)12-31-26)27-36-21-8-20(30)23(9-24(21)43-27)41-16(3)17(4)42-29(38)34-18-10-32-28(33-11-18)40-13-15(2)37/h6-12,15-17,37H,13H2,1-5H3,(H,34,38)/t15-,16+,17-/m1/s1. The SMILES string of the molecule is COc1cnc2c(-c3nc4cc(F)c(O[C@@H](C)[C@@H](C)OC(=O)Nc5cnc(OC[C@@H](C)O)nc5)cc4s3)cc(C)cc2n1. The molecule has 14 heteroatoms. The summed E-state index contributed by atoms with van der Waals surface area (Å²) < 4.78 is 37.5. The third-order valence-electron chi connectivity index (χ3n) is 6.25. The summed E-state index contributed by atoms with van der Waals surface area (Å²) >= 11 is 1.37. The van der Waals surface area contributed by atoms with E-state index in [4.69, 9.17) is 18.9 Å². The molecule has 12 nitrogen and oxygen atoms in total. The van der Waals surface area contributed by atoms with Gasteiger partial charge in [-0.25, -0.2) is 34.1 Å². The van der Waals surface area contributed by atoms with E-state index in [0.717, 1.165) is 11.1 Å². The number of hydrogen-bond acceptors (Lipinski definition) is 12. The minimum absolute atomic E-state index is 0.00544. The molecule has 0 aliphatic heterocycles. The molecule has 0 aliphatic carbocycles. The first kappa shape index (κ1) is 29.8. The van der Waals surface area contributed by atoms with Crippen LogP contribution in [0.2, 0.25) is 0 Å². The maximum Gasteiger partial charge on any atom is 0.412 e. The molecule has 224 valence electrons. The number of nitrogens with zero attached hydrogens (tertiary/aromatic N) is 5. The summed E-state index contributed by atoms with van der Waals surface area (Å²) in [5.74, 6) is -0.183. The van der Waals surface area contributed by atoms with Crippen molar-refractivity contribution in [3.63, 3.8) is 0 Å². The van der Waals surface area contributed by atoms with Crippen LogP contribution in [0.15, 0.2) is 42.9 Å². The molecular weight excluding hydrogens is 579 g/mol. The third kappa shape index (κ3) is 7.04. The Labute approximate surface area is 249 Å². The Morgan fingerprint density at radius 2 is 1.79 bits per heavy atom. The van der Waals surface area contributed by atoms with Crippen molar-refractivity contribution in [2.24, 2.45) is 0 Å². The van der Waals surface area contributed by atoms with Crippen LogP contribution in [0.3, 0.4) is 0 Å². The average molecular weight is 609 g/mol. The zero-order chi connectivity index (χ0) is 30.7. The molecule has 5 rings (SSSR count). The van der Waals surface area contributed by atoms with Crippen LogP contribution in [-0.2, 0) is 4.74 Å². The largest absolute Gasteiger partial charge is 0.484 e. The lowest BCUT2D eigenvalue weighted by atomic mass is 10.1. The van der Waals surface area contributed by atoms with Crippen molar-refractivity contribution < 1.29 is 33.2 Å². The Bertz CT molecular complexity index is 1770. The van der Waals surface area contributed by atoms with E-state index in [-0.39, 0.29) is 24.1 Å². The second kappa shape index (κ2) is 12.7. The molecule has 5 aromatic rings. The van der Waals surface area contributed by atoms with Crippen LogP contribution in [0.1, 0.15) is 26.3 Å². The number of anilines is 1. The third-order valence-corrected chi connectivity index (χ3v) is 7.30. The molecule has 0 fully saturated rings. The number of thiazole rings is 1. The highest BCUT2D eigenvalue weighted by Gasteiger charge is 2.22. The van der Waals surface area contributed by atoms with Crippen LogP contribution in [0.5, 0.6) is 17.6 Å². The first-order chi connectivity index (χ1) is 20.6. The molecule has 2 N–H and O–H groups in total. The minimum Gasteiger partial charge on any atom is -0.484 e. The second-order valence-electron chi connectivity index (χ2n) is 9.83. The lowest BCUT2D eigenvalue weighted by molar-refractivity contribution is 0.0402. The van der Waals surface area contributed by atoms with Gasteiger partial charge in [0, 0.05) is 17.7 Å². The van der Waals surface area contributed by atoms with Gasteiger partial charge in [0.25, 0.3) is 0 Å². The van der Waals surface area contributed by atoms with Gasteiger partial charge in [-0.2, -0.15) is 0 Å². The number of ether oxygens (including phenoxy) is 4. The van der Waals surface area contributed by atoms with Gasteiger partial charge in [0.05, 0.1) is 58.7 Å². The summed E-state index contributed by atoms with van der Waals surface area (Å²) in [5.41, 5.74) is 3.83. The Kier molecular flexibility index (Phi) is 8.78. The number of halogens is 1. The number of nitrogens with one attached hydrogen (secondary N) is 1. The van der Waals surface area contributed by atoms with Crippen molar-refractivity contribution in [1.82, 2.24) is 24.9 Å². The molecule has 0 radical (unpaired) electrons. The molecule has 43 heavy (non-hydrogen) atoms. The zero-order valence-electron chi connectivity index (χ0n) is 24.0. The van der Waals surface area contributed by atoms with Crippen molar-refractivity contribution in [3.8, 4) is 28.2 Å². The van der Waals surface area contributed by atoms with E-state index < -0.39 is 30.2 Å². The fourth-order valence-corrected chi connectivity index (χ4v) is 5.00. The normalized spacial score (nSPS) is 13.4. The molecule has 0 saturated carbocycles. The van der Waals surface area contributed by atoms with Gasteiger partial charge in [-0.3, -0.25) is 5.32 Å². The summed E-state index contributed by atoms with van der Waals surface area (Å²) in [7, 11) is 1.53. The fraction of sp³-hybridized carbons (Fsp3) is 0.310. The number of amides is 1. The fourth-order valence-electron chi connectivity index (χ4n) is 4.00. The molecular formula is C29H29FN6O6S. The van der Waals surface area contributed by atoms with Gasteiger partial charge in [-0.05, 0) is 45.4 Å². The van der Waals surface area contributed by atoms with Gasteiger partial charge in [0.15, 0.2) is 11.6 Å². The first-order valence-electron chi connectivity index (χ1n) is 13.3. The number of carbonyl (C=O) groups excluding carboxylic acids is 1. The minimum atomic E-state index is -0.765. The molecule has 3 heterocycles. The summed E-state index contributed by atoms with van der Waals surface area (Å²) in [5, 5.41) is 12.5. The maximum absolute atomic E-state index is 15.1. The second-order valence-corrected chi connectivity index (χ2v) is 10.9. The van der Waals surface area contributed by atoms with Gasteiger partial charge < -0.3 is 24.1 Å². The van der Waals surface area contributed by atoms with E-state index in [2.05, 4.69) is 30.2 Å². The van der Waals surface area contributed by atoms with E-state index in [1.54, 1.807) is 33.0 Å². The number of fused-ring (bicyclic) bond motifs is 2. The highest BCUT2D eigenvalue weighted by atomic mass is 32.1.